The van der Waals surface area contributed by atoms with Crippen molar-refractivity contribution in [3.8, 4) is 0 Å². The summed E-state index contributed by atoms with van der Waals surface area (Å²) in [5.41, 5.74) is 1.17. The lowest BCUT2D eigenvalue weighted by atomic mass is 9.89. The highest BCUT2D eigenvalue weighted by Gasteiger charge is 2.38. The van der Waals surface area contributed by atoms with Gasteiger partial charge in [-0.05, 0) is 24.0 Å². The molecule has 2 atom stereocenters. The predicted molar refractivity (Wildman–Crippen MR) is 90.5 cm³/mol. The van der Waals surface area contributed by atoms with Gasteiger partial charge in [0.15, 0.2) is 0 Å². The fourth-order valence-electron chi connectivity index (χ4n) is 2.25. The van der Waals surface area contributed by atoms with Crippen molar-refractivity contribution in [1.29, 1.82) is 0 Å². The van der Waals surface area contributed by atoms with E-state index in [1.165, 1.54) is 0 Å². The van der Waals surface area contributed by atoms with E-state index in [9.17, 15) is 9.59 Å². The molecule has 2 N–H and O–H groups in total. The van der Waals surface area contributed by atoms with Gasteiger partial charge in [-0.2, -0.15) is 11.8 Å². The Bertz CT molecular complexity index is 594. The maximum atomic E-state index is 12.4. The van der Waals surface area contributed by atoms with Crippen LogP contribution in [0.4, 0.5) is 4.79 Å². The molecule has 1 saturated heterocycles. The first-order valence-electron chi connectivity index (χ1n) is 6.70. The zero-order valence-corrected chi connectivity index (χ0v) is 14.5. The normalized spacial score (nSPS) is 21.0. The van der Waals surface area contributed by atoms with Gasteiger partial charge in [-0.15, -0.1) is 0 Å². The molecule has 0 bridgehead atoms. The van der Waals surface area contributed by atoms with E-state index in [0.717, 1.165) is 15.8 Å². The van der Waals surface area contributed by atoms with Crippen molar-refractivity contribution in [1.82, 2.24) is 10.6 Å². The van der Waals surface area contributed by atoms with Crippen LogP contribution in [0.2, 0.25) is 0 Å². The molecule has 5 nitrogen and oxygen atoms in total. The third-order valence-corrected chi connectivity index (χ3v) is 4.33. The van der Waals surface area contributed by atoms with E-state index in [2.05, 4.69) is 33.1 Å². The van der Waals surface area contributed by atoms with Crippen LogP contribution in [-0.2, 0) is 9.53 Å². The van der Waals surface area contributed by atoms with Crippen LogP contribution in [0.1, 0.15) is 11.6 Å². The van der Waals surface area contributed by atoms with E-state index in [-0.39, 0.29) is 6.03 Å². The van der Waals surface area contributed by atoms with Crippen molar-refractivity contribution < 1.29 is 14.3 Å². The maximum Gasteiger partial charge on any atom is 0.319 e. The van der Waals surface area contributed by atoms with Crippen molar-refractivity contribution in [2.75, 3.05) is 18.6 Å². The molecule has 1 heterocycles. The molecular weight excluding hydrogens is 368 g/mol. The molecule has 1 aliphatic heterocycles. The van der Waals surface area contributed by atoms with Gasteiger partial charge < -0.3 is 15.4 Å². The summed E-state index contributed by atoms with van der Waals surface area (Å²) < 4.78 is 6.16. The number of amides is 2. The second kappa shape index (κ2) is 7.69. The maximum absolute atomic E-state index is 12.4. The highest BCUT2D eigenvalue weighted by atomic mass is 79.9. The van der Waals surface area contributed by atoms with Gasteiger partial charge in [0.25, 0.3) is 0 Å². The third-order valence-electron chi connectivity index (χ3n) is 3.26. The van der Waals surface area contributed by atoms with Crippen LogP contribution < -0.4 is 10.6 Å². The van der Waals surface area contributed by atoms with Crippen LogP contribution in [0.25, 0.3) is 0 Å². The van der Waals surface area contributed by atoms with E-state index in [1.807, 2.05) is 30.5 Å². The average molecular weight is 385 g/mol. The monoisotopic (exact) mass is 384 g/mol. The van der Waals surface area contributed by atoms with Crippen LogP contribution in [0.3, 0.4) is 0 Å². The number of esters is 1. The third kappa shape index (κ3) is 4.04. The summed E-state index contributed by atoms with van der Waals surface area (Å²) in [5.74, 6) is -0.322. The Balaban J connectivity index is 2.24. The van der Waals surface area contributed by atoms with Crippen LogP contribution in [0.5, 0.6) is 0 Å². The van der Waals surface area contributed by atoms with Crippen LogP contribution in [0, 0.1) is 5.92 Å². The smallest absolute Gasteiger partial charge is 0.319 e. The van der Waals surface area contributed by atoms with E-state index in [0.29, 0.717) is 12.3 Å². The zero-order chi connectivity index (χ0) is 16.1. The van der Waals surface area contributed by atoms with Crippen molar-refractivity contribution in [2.45, 2.75) is 6.04 Å². The van der Waals surface area contributed by atoms with E-state index < -0.39 is 17.9 Å². The van der Waals surface area contributed by atoms with Gasteiger partial charge in [-0.25, -0.2) is 4.79 Å². The van der Waals surface area contributed by atoms with Crippen LogP contribution >= 0.6 is 27.7 Å². The first-order chi connectivity index (χ1) is 10.5. The summed E-state index contributed by atoms with van der Waals surface area (Å²) in [6, 6.07) is 6.59. The van der Waals surface area contributed by atoms with Crippen molar-refractivity contribution in [3.63, 3.8) is 0 Å². The molecule has 1 fully saturated rings. The number of urea groups is 1. The standard InChI is InChI=1S/C15H17BrN2O3S/c1-9-12(14(19)21-6-7-22-2)13(18-15(20)17-9)10-4-3-5-11(16)8-10/h3-5,8,12-13H,1,6-7H2,2H3,(H2,17,18,20)/t12-,13+/m0/s1. The number of rotatable bonds is 5. The largest absolute Gasteiger partial charge is 0.464 e. The molecule has 7 heteroatoms. The minimum atomic E-state index is -0.658. The summed E-state index contributed by atoms with van der Waals surface area (Å²) in [4.78, 5) is 24.1. The molecule has 1 aromatic rings. The lowest BCUT2D eigenvalue weighted by Crippen LogP contribution is -2.51. The molecule has 22 heavy (non-hydrogen) atoms. The van der Waals surface area contributed by atoms with Gasteiger partial charge in [0.1, 0.15) is 12.5 Å². The van der Waals surface area contributed by atoms with Gasteiger partial charge in [0.2, 0.25) is 0 Å². The average Bonchev–Trinajstić information content (AvgIpc) is 2.46. The Kier molecular flexibility index (Phi) is 5.90. The fraction of sp³-hybridized carbons (Fsp3) is 0.333. The summed E-state index contributed by atoms with van der Waals surface area (Å²) in [6.07, 6.45) is 1.94. The lowest BCUT2D eigenvalue weighted by Gasteiger charge is -2.33. The minimum Gasteiger partial charge on any atom is -0.464 e. The Morgan fingerprint density at radius 1 is 1.50 bits per heavy atom. The van der Waals surface area contributed by atoms with Crippen molar-refractivity contribution in [3.05, 3.63) is 46.6 Å². The molecule has 0 aromatic heterocycles. The molecular formula is C15H17BrN2O3S. The summed E-state index contributed by atoms with van der Waals surface area (Å²) in [5, 5.41) is 5.33. The predicted octanol–water partition coefficient (Wildman–Crippen LogP) is 2.84. The molecule has 0 aliphatic carbocycles. The molecule has 118 valence electrons. The number of nitrogens with one attached hydrogen (secondary N) is 2. The number of carbonyl (C=O) groups is 2. The first-order valence-corrected chi connectivity index (χ1v) is 8.89. The SMILES string of the molecule is C=C1NC(=O)N[C@H](c2cccc(Br)c2)[C@H]1C(=O)OCCSC. The van der Waals surface area contributed by atoms with E-state index in [1.54, 1.807) is 11.8 Å². The van der Waals surface area contributed by atoms with E-state index >= 15 is 0 Å². The lowest BCUT2D eigenvalue weighted by molar-refractivity contribution is -0.147. The Hall–Kier alpha value is -1.47. The number of benzene rings is 1. The fourth-order valence-corrected chi connectivity index (χ4v) is 2.92. The number of halogens is 1. The molecule has 1 aromatic carbocycles. The number of hydrogen-bond acceptors (Lipinski definition) is 4. The van der Waals surface area contributed by atoms with Crippen LogP contribution in [-0.4, -0.2) is 30.6 Å². The van der Waals surface area contributed by atoms with Gasteiger partial charge in [-0.1, -0.05) is 34.6 Å². The van der Waals surface area contributed by atoms with Crippen LogP contribution in [0.15, 0.2) is 41.0 Å². The molecule has 1 aliphatic rings. The zero-order valence-electron chi connectivity index (χ0n) is 12.1. The number of ether oxygens (including phenoxy) is 1. The minimum absolute atomic E-state index is 0.336. The number of thioether (sulfide) groups is 1. The topological polar surface area (TPSA) is 67.4 Å². The van der Waals surface area contributed by atoms with Gasteiger partial charge in [0, 0.05) is 15.9 Å². The Morgan fingerprint density at radius 2 is 2.27 bits per heavy atom. The Morgan fingerprint density at radius 3 is 2.95 bits per heavy atom. The summed E-state index contributed by atoms with van der Waals surface area (Å²) >= 11 is 5.00. The molecule has 0 spiro atoms. The number of hydrogen-bond donors (Lipinski definition) is 2. The summed E-state index contributed by atoms with van der Waals surface area (Å²) in [6.45, 7) is 4.14. The van der Waals surface area contributed by atoms with Gasteiger partial charge in [-0.3, -0.25) is 4.79 Å². The second-order valence-electron chi connectivity index (χ2n) is 4.79. The van der Waals surface area contributed by atoms with Crippen molar-refractivity contribution in [2.24, 2.45) is 5.92 Å². The quantitative estimate of drug-likeness (QED) is 0.604. The first kappa shape index (κ1) is 16.9. The Labute approximate surface area is 142 Å². The van der Waals surface area contributed by atoms with Gasteiger partial charge in [0.05, 0.1) is 6.04 Å². The number of carbonyl (C=O) groups excluding carboxylic acids is 2. The van der Waals surface area contributed by atoms with E-state index in [4.69, 9.17) is 4.74 Å². The molecule has 0 unspecified atom stereocenters. The highest BCUT2D eigenvalue weighted by molar-refractivity contribution is 9.10. The van der Waals surface area contributed by atoms with Crippen molar-refractivity contribution >= 4 is 39.7 Å². The summed E-state index contributed by atoms with van der Waals surface area (Å²) in [7, 11) is 0. The molecule has 2 amide bonds. The van der Waals surface area contributed by atoms with Gasteiger partial charge >= 0.3 is 12.0 Å². The molecule has 0 radical (unpaired) electrons. The second-order valence-corrected chi connectivity index (χ2v) is 6.70. The molecule has 2 rings (SSSR count). The molecule has 0 saturated carbocycles. The highest BCUT2D eigenvalue weighted by Crippen LogP contribution is 2.31.